The summed E-state index contributed by atoms with van der Waals surface area (Å²) >= 11 is 0. The smallest absolute Gasteiger partial charge is 0.229 e. The van der Waals surface area contributed by atoms with Crippen LogP contribution in [0.1, 0.15) is 34.1 Å². The van der Waals surface area contributed by atoms with Gasteiger partial charge in [-0.25, -0.2) is 0 Å². The average molecular weight is 212 g/mol. The molecule has 1 N–H and O–H groups in total. The molecule has 15 heavy (non-hydrogen) atoms. The predicted octanol–water partition coefficient (Wildman–Crippen LogP) is 1.56. The van der Waals surface area contributed by atoms with E-state index in [1.54, 1.807) is 20.8 Å². The third-order valence-corrected chi connectivity index (χ3v) is 2.06. The second-order valence-corrected chi connectivity index (χ2v) is 3.77. The van der Waals surface area contributed by atoms with Crippen molar-refractivity contribution in [1.29, 1.82) is 0 Å². The highest BCUT2D eigenvalue weighted by Gasteiger charge is 2.28. The molecule has 1 amide bonds. The van der Waals surface area contributed by atoms with E-state index < -0.39 is 17.5 Å². The molecule has 0 aliphatic rings. The van der Waals surface area contributed by atoms with Crippen LogP contribution < -0.4 is 5.32 Å². The normalized spacial score (nSPS) is 12.5. The Morgan fingerprint density at radius 3 is 2.47 bits per heavy atom. The number of nitrogens with one attached hydrogen (secondary N) is 1. The first-order valence-electron chi connectivity index (χ1n) is 4.74. The Morgan fingerprint density at radius 1 is 1.53 bits per heavy atom. The third kappa shape index (κ3) is 3.99. The lowest BCUT2D eigenvalue weighted by molar-refractivity contribution is -0.131. The van der Waals surface area contributed by atoms with Crippen LogP contribution in [0.3, 0.4) is 0 Å². The van der Waals surface area contributed by atoms with Gasteiger partial charge in [-0.3, -0.25) is 9.59 Å². The van der Waals surface area contributed by atoms with Crippen LogP contribution in [0.15, 0.2) is 5.11 Å². The molecular formula is C9H16N4O2. The molecule has 0 fully saturated rings. The van der Waals surface area contributed by atoms with Crippen LogP contribution in [0.2, 0.25) is 0 Å². The number of rotatable bonds is 5. The summed E-state index contributed by atoms with van der Waals surface area (Å²) in [6, 6.07) is -0.807. The lowest BCUT2D eigenvalue weighted by atomic mass is 9.97. The zero-order valence-corrected chi connectivity index (χ0v) is 9.44. The highest BCUT2D eigenvalue weighted by molar-refractivity contribution is 5.93. The molecule has 0 aromatic heterocycles. The van der Waals surface area contributed by atoms with Crippen LogP contribution in [0.5, 0.6) is 0 Å². The minimum atomic E-state index is -0.912. The molecule has 0 bridgehead atoms. The maximum absolute atomic E-state index is 11.4. The standard InChI is InChI=1S/C9H16N4O2/c1-5-7(14)9(3,4)11-8(15)6(2)12-13-10/h6H,5H2,1-4H3,(H,11,15). The Morgan fingerprint density at radius 2 is 2.07 bits per heavy atom. The lowest BCUT2D eigenvalue weighted by Crippen LogP contribution is -2.51. The fourth-order valence-electron chi connectivity index (χ4n) is 1.05. The number of hydrogen-bond donors (Lipinski definition) is 1. The number of carbonyl (C=O) groups is 2. The maximum atomic E-state index is 11.4. The minimum absolute atomic E-state index is 0.0658. The van der Waals surface area contributed by atoms with E-state index in [2.05, 4.69) is 15.3 Å². The molecule has 0 aliphatic heterocycles. The molecule has 0 aromatic rings. The Bertz CT molecular complexity index is 305. The lowest BCUT2D eigenvalue weighted by Gasteiger charge is -2.25. The van der Waals surface area contributed by atoms with E-state index in [0.717, 1.165) is 0 Å². The second kappa shape index (κ2) is 5.36. The number of azide groups is 1. The van der Waals surface area contributed by atoms with Crippen LogP contribution in [-0.4, -0.2) is 23.3 Å². The van der Waals surface area contributed by atoms with Crippen molar-refractivity contribution < 1.29 is 9.59 Å². The molecule has 6 heteroatoms. The fraction of sp³-hybridized carbons (Fsp3) is 0.778. The molecule has 6 nitrogen and oxygen atoms in total. The summed E-state index contributed by atoms with van der Waals surface area (Å²) in [5.41, 5.74) is 7.24. The number of hydrogen-bond acceptors (Lipinski definition) is 3. The van der Waals surface area contributed by atoms with E-state index >= 15 is 0 Å². The molecule has 0 saturated carbocycles. The van der Waals surface area contributed by atoms with Crippen LogP contribution in [-0.2, 0) is 9.59 Å². The summed E-state index contributed by atoms with van der Waals surface area (Å²) in [5, 5.41) is 5.79. The summed E-state index contributed by atoms with van der Waals surface area (Å²) in [7, 11) is 0. The molecule has 0 aliphatic carbocycles. The summed E-state index contributed by atoms with van der Waals surface area (Å²) in [5.74, 6) is -0.511. The topological polar surface area (TPSA) is 94.9 Å². The van der Waals surface area contributed by atoms with Crippen molar-refractivity contribution >= 4 is 11.7 Å². The molecule has 0 spiro atoms. The summed E-state index contributed by atoms with van der Waals surface area (Å²) in [4.78, 5) is 25.4. The van der Waals surface area contributed by atoms with E-state index in [4.69, 9.17) is 5.53 Å². The van der Waals surface area contributed by atoms with E-state index in [9.17, 15) is 9.59 Å². The van der Waals surface area contributed by atoms with E-state index in [1.807, 2.05) is 0 Å². The van der Waals surface area contributed by atoms with Gasteiger partial charge in [0.25, 0.3) is 0 Å². The highest BCUT2D eigenvalue weighted by atomic mass is 16.2. The molecule has 1 unspecified atom stereocenters. The van der Waals surface area contributed by atoms with Gasteiger partial charge in [0.1, 0.15) is 6.04 Å². The molecular weight excluding hydrogens is 196 g/mol. The summed E-state index contributed by atoms with van der Waals surface area (Å²) < 4.78 is 0. The first kappa shape index (κ1) is 13.4. The number of nitrogens with zero attached hydrogens (tertiary/aromatic N) is 3. The molecule has 1 atom stereocenters. The van der Waals surface area contributed by atoms with Gasteiger partial charge >= 0.3 is 0 Å². The van der Waals surface area contributed by atoms with Crippen molar-refractivity contribution in [3.05, 3.63) is 10.4 Å². The van der Waals surface area contributed by atoms with Crippen LogP contribution in [0.4, 0.5) is 0 Å². The van der Waals surface area contributed by atoms with Gasteiger partial charge in [-0.2, -0.15) is 0 Å². The van der Waals surface area contributed by atoms with Gasteiger partial charge in [-0.1, -0.05) is 12.0 Å². The maximum Gasteiger partial charge on any atom is 0.229 e. The summed E-state index contributed by atoms with van der Waals surface area (Å²) in [6.07, 6.45) is 0.350. The quantitative estimate of drug-likeness (QED) is 0.425. The van der Waals surface area contributed by atoms with E-state index in [-0.39, 0.29) is 5.78 Å². The second-order valence-electron chi connectivity index (χ2n) is 3.77. The monoisotopic (exact) mass is 212 g/mol. The van der Waals surface area contributed by atoms with Crippen molar-refractivity contribution in [3.8, 4) is 0 Å². The Labute approximate surface area is 88.7 Å². The van der Waals surface area contributed by atoms with Crippen molar-refractivity contribution in [2.45, 2.75) is 45.7 Å². The third-order valence-electron chi connectivity index (χ3n) is 2.06. The first-order chi connectivity index (χ1) is 6.85. The van der Waals surface area contributed by atoms with Gasteiger partial charge in [-0.15, -0.1) is 0 Å². The zero-order chi connectivity index (χ0) is 12.1. The summed E-state index contributed by atoms with van der Waals surface area (Å²) in [6.45, 7) is 6.45. The van der Waals surface area contributed by atoms with Crippen molar-refractivity contribution in [2.75, 3.05) is 0 Å². The molecule has 84 valence electrons. The first-order valence-corrected chi connectivity index (χ1v) is 4.74. The minimum Gasteiger partial charge on any atom is -0.344 e. The Kier molecular flexibility index (Phi) is 4.81. The van der Waals surface area contributed by atoms with Crippen LogP contribution in [0.25, 0.3) is 10.4 Å². The number of ketones is 1. The van der Waals surface area contributed by atoms with Gasteiger partial charge < -0.3 is 5.32 Å². The van der Waals surface area contributed by atoms with Gasteiger partial charge in [0.2, 0.25) is 5.91 Å². The molecule has 0 radical (unpaired) electrons. The largest absolute Gasteiger partial charge is 0.344 e. The Balaban J connectivity index is 4.52. The van der Waals surface area contributed by atoms with Crippen molar-refractivity contribution in [2.24, 2.45) is 5.11 Å². The van der Waals surface area contributed by atoms with Gasteiger partial charge in [0.15, 0.2) is 5.78 Å². The van der Waals surface area contributed by atoms with Gasteiger partial charge in [-0.05, 0) is 26.3 Å². The predicted molar refractivity (Wildman–Crippen MR) is 56.1 cm³/mol. The van der Waals surface area contributed by atoms with Gasteiger partial charge in [0.05, 0.1) is 5.54 Å². The SMILES string of the molecule is CCC(=O)C(C)(C)NC(=O)C(C)N=[N+]=[N-]. The van der Waals surface area contributed by atoms with Crippen LogP contribution >= 0.6 is 0 Å². The molecule has 0 rings (SSSR count). The van der Waals surface area contributed by atoms with Crippen molar-refractivity contribution in [3.63, 3.8) is 0 Å². The number of Topliss-reactive ketones (excluding diaryl/α,β-unsaturated/α-hetero) is 1. The number of carbonyl (C=O) groups excluding carboxylic acids is 2. The Hall–Kier alpha value is -1.55. The van der Waals surface area contributed by atoms with E-state index in [0.29, 0.717) is 6.42 Å². The van der Waals surface area contributed by atoms with Gasteiger partial charge in [0, 0.05) is 11.3 Å². The fourth-order valence-corrected chi connectivity index (χ4v) is 1.05. The zero-order valence-electron chi connectivity index (χ0n) is 9.44. The molecule has 0 aromatic carbocycles. The van der Waals surface area contributed by atoms with Crippen molar-refractivity contribution in [1.82, 2.24) is 5.32 Å². The molecule has 0 heterocycles. The highest BCUT2D eigenvalue weighted by Crippen LogP contribution is 2.07. The average Bonchev–Trinajstić information content (AvgIpc) is 2.16. The molecule has 0 saturated heterocycles. The van der Waals surface area contributed by atoms with E-state index in [1.165, 1.54) is 6.92 Å². The van der Waals surface area contributed by atoms with Crippen LogP contribution in [0, 0.1) is 0 Å². The number of amides is 1.